The fourth-order valence-electron chi connectivity index (χ4n) is 2.69. The molecule has 0 spiro atoms. The quantitative estimate of drug-likeness (QED) is 0.486. The van der Waals surface area contributed by atoms with E-state index in [1.165, 1.54) is 24.3 Å². The lowest BCUT2D eigenvalue weighted by Crippen LogP contribution is -2.09. The maximum atomic E-state index is 12.3. The van der Waals surface area contributed by atoms with Gasteiger partial charge in [-0.05, 0) is 59.2 Å². The van der Waals surface area contributed by atoms with Gasteiger partial charge >= 0.3 is 0 Å². The maximum Gasteiger partial charge on any atom is 0.296 e. The van der Waals surface area contributed by atoms with Crippen LogP contribution in [-0.4, -0.2) is 27.3 Å². The highest BCUT2D eigenvalue weighted by Gasteiger charge is 2.15. The van der Waals surface area contributed by atoms with Crippen LogP contribution in [0.1, 0.15) is 5.56 Å². The van der Waals surface area contributed by atoms with E-state index in [1.807, 2.05) is 41.9 Å². The molecule has 0 aliphatic carbocycles. The topological polar surface area (TPSA) is 84.9 Å². The van der Waals surface area contributed by atoms with Crippen molar-refractivity contribution in [3.05, 3.63) is 66.2 Å². The summed E-state index contributed by atoms with van der Waals surface area (Å²) in [5.41, 5.74) is 3.33. The zero-order valence-electron chi connectivity index (χ0n) is 14.2. The molecule has 26 heavy (non-hydrogen) atoms. The third kappa shape index (κ3) is 3.96. The van der Waals surface area contributed by atoms with E-state index in [-0.39, 0.29) is 11.5 Å². The van der Waals surface area contributed by atoms with E-state index >= 15 is 0 Å². The van der Waals surface area contributed by atoms with Crippen LogP contribution in [0.4, 0.5) is 5.69 Å². The number of benzene rings is 3. The molecule has 0 aliphatic heterocycles. The largest absolute Gasteiger partial charge is 0.497 e. The van der Waals surface area contributed by atoms with Crippen molar-refractivity contribution in [3.63, 3.8) is 0 Å². The summed E-state index contributed by atoms with van der Waals surface area (Å²) in [6.45, 7) is 0.0264. The number of methoxy groups -OCH3 is 1. The average molecular weight is 373 g/mol. The number of hydrogen-bond acceptors (Lipinski definition) is 6. The Balaban J connectivity index is 1.73. The lowest BCUT2D eigenvalue weighted by molar-refractivity contribution is 0.322. The molecule has 0 unspecified atom stereocenters. The van der Waals surface area contributed by atoms with Gasteiger partial charge in [0, 0.05) is 0 Å². The summed E-state index contributed by atoms with van der Waals surface area (Å²) in [5.74, 6) is 0.746. The highest BCUT2D eigenvalue weighted by Crippen LogP contribution is 2.25. The molecule has 7 heteroatoms. The second-order valence-electron chi connectivity index (χ2n) is 5.67. The summed E-state index contributed by atoms with van der Waals surface area (Å²) in [4.78, 5) is 0.0380. The van der Waals surface area contributed by atoms with Gasteiger partial charge < -0.3 is 4.74 Å². The van der Waals surface area contributed by atoms with Gasteiger partial charge in [0.1, 0.15) is 5.75 Å². The first-order chi connectivity index (χ1) is 12.5. The van der Waals surface area contributed by atoms with Crippen molar-refractivity contribution in [3.8, 4) is 5.75 Å². The fraction of sp³-hybridized carbons (Fsp3) is 0.158. The molecule has 0 heterocycles. The number of ether oxygens (including phenoxy) is 1. The van der Waals surface area contributed by atoms with E-state index < -0.39 is 10.1 Å². The first-order valence-electron chi connectivity index (χ1n) is 7.99. The molecule has 0 bridgehead atoms. The van der Waals surface area contributed by atoms with Crippen molar-refractivity contribution in [2.75, 3.05) is 19.2 Å². The Bertz CT molecular complexity index is 1000. The van der Waals surface area contributed by atoms with Crippen LogP contribution in [0, 0.1) is 0 Å². The van der Waals surface area contributed by atoms with Gasteiger partial charge in [-0.25, -0.2) is 0 Å². The van der Waals surface area contributed by atoms with Gasteiger partial charge in [0.15, 0.2) is 0 Å². The molecule has 3 aromatic rings. The second-order valence-corrected chi connectivity index (χ2v) is 7.28. The van der Waals surface area contributed by atoms with Crippen LogP contribution >= 0.6 is 0 Å². The number of fused-ring (bicyclic) bond motifs is 1. The highest BCUT2D eigenvalue weighted by atomic mass is 32.2. The standard InChI is InChI=1S/C19H19NO5S/c1-24-17-8-5-14-3-2-4-15(19(14)13-17)11-12-25-26(22,23)18-9-6-16(20-21)7-10-18/h2-10,13,20-21H,11-12H2,1H3. The van der Waals surface area contributed by atoms with E-state index in [9.17, 15) is 8.42 Å². The van der Waals surface area contributed by atoms with Crippen LogP contribution in [0.2, 0.25) is 0 Å². The average Bonchev–Trinajstić information content (AvgIpc) is 2.67. The van der Waals surface area contributed by atoms with Crippen LogP contribution < -0.4 is 10.2 Å². The molecule has 0 saturated carbocycles. The maximum absolute atomic E-state index is 12.3. The predicted octanol–water partition coefficient (Wildman–Crippen LogP) is 3.60. The molecule has 0 fully saturated rings. The Morgan fingerprint density at radius 2 is 1.81 bits per heavy atom. The number of hydrogen-bond donors (Lipinski definition) is 2. The monoisotopic (exact) mass is 373 g/mol. The van der Waals surface area contributed by atoms with E-state index in [0.717, 1.165) is 22.1 Å². The Labute approximate surface area is 152 Å². The van der Waals surface area contributed by atoms with E-state index in [0.29, 0.717) is 12.1 Å². The minimum Gasteiger partial charge on any atom is -0.497 e. The number of anilines is 1. The number of nitrogens with one attached hydrogen (secondary N) is 1. The first-order valence-corrected chi connectivity index (χ1v) is 9.39. The molecule has 0 aliphatic rings. The van der Waals surface area contributed by atoms with Gasteiger partial charge in [-0.15, -0.1) is 0 Å². The molecule has 3 rings (SSSR count). The normalized spacial score (nSPS) is 11.5. The Morgan fingerprint density at radius 3 is 2.50 bits per heavy atom. The molecule has 0 aromatic heterocycles. The predicted molar refractivity (Wildman–Crippen MR) is 99.2 cm³/mol. The lowest BCUT2D eigenvalue weighted by atomic mass is 10.0. The summed E-state index contributed by atoms with van der Waals surface area (Å²) >= 11 is 0. The molecule has 136 valence electrons. The van der Waals surface area contributed by atoms with Crippen molar-refractivity contribution < 1.29 is 22.5 Å². The minimum atomic E-state index is -3.86. The van der Waals surface area contributed by atoms with Crippen LogP contribution in [0.3, 0.4) is 0 Å². The van der Waals surface area contributed by atoms with E-state index in [1.54, 1.807) is 7.11 Å². The lowest BCUT2D eigenvalue weighted by Gasteiger charge is -2.10. The number of rotatable bonds is 7. The molecule has 0 radical (unpaired) electrons. The third-order valence-corrected chi connectivity index (χ3v) is 5.39. The van der Waals surface area contributed by atoms with Crippen molar-refractivity contribution in [1.29, 1.82) is 0 Å². The van der Waals surface area contributed by atoms with Crippen LogP contribution in [0.5, 0.6) is 5.75 Å². The molecule has 0 amide bonds. The highest BCUT2D eigenvalue weighted by molar-refractivity contribution is 7.86. The van der Waals surface area contributed by atoms with E-state index in [4.69, 9.17) is 14.1 Å². The minimum absolute atomic E-state index is 0.0264. The van der Waals surface area contributed by atoms with Gasteiger partial charge in [-0.1, -0.05) is 24.3 Å². The van der Waals surface area contributed by atoms with Crippen LogP contribution in [0.25, 0.3) is 10.8 Å². The molecular weight excluding hydrogens is 354 g/mol. The van der Waals surface area contributed by atoms with Crippen molar-refractivity contribution in [2.24, 2.45) is 0 Å². The van der Waals surface area contributed by atoms with Gasteiger partial charge in [-0.2, -0.15) is 8.42 Å². The molecule has 0 saturated heterocycles. The van der Waals surface area contributed by atoms with Gasteiger partial charge in [0.2, 0.25) is 0 Å². The third-order valence-electron chi connectivity index (χ3n) is 4.06. The summed E-state index contributed by atoms with van der Waals surface area (Å²) in [6.07, 6.45) is 0.444. The summed E-state index contributed by atoms with van der Waals surface area (Å²) in [7, 11) is -2.25. The van der Waals surface area contributed by atoms with Crippen molar-refractivity contribution >= 4 is 26.6 Å². The smallest absolute Gasteiger partial charge is 0.296 e. The zero-order chi connectivity index (χ0) is 18.6. The SMILES string of the molecule is COc1ccc2cccc(CCOS(=O)(=O)c3ccc(NO)cc3)c2c1. The van der Waals surface area contributed by atoms with Gasteiger partial charge in [0.05, 0.1) is 24.3 Å². The molecule has 6 nitrogen and oxygen atoms in total. The Morgan fingerprint density at radius 1 is 1.04 bits per heavy atom. The summed E-state index contributed by atoms with van der Waals surface area (Å²) in [5, 5.41) is 10.8. The fourth-order valence-corrected chi connectivity index (χ4v) is 3.60. The Kier molecular flexibility index (Phi) is 5.41. The molecule has 2 N–H and O–H groups in total. The van der Waals surface area contributed by atoms with Crippen molar-refractivity contribution in [2.45, 2.75) is 11.3 Å². The van der Waals surface area contributed by atoms with Crippen LogP contribution in [0.15, 0.2) is 65.6 Å². The molecule has 0 atom stereocenters. The van der Waals surface area contributed by atoms with Gasteiger partial charge in [0.25, 0.3) is 10.1 Å². The van der Waals surface area contributed by atoms with Gasteiger partial charge in [-0.3, -0.25) is 14.9 Å². The molecular formula is C19H19NO5S. The summed E-state index contributed by atoms with van der Waals surface area (Å²) in [6, 6.07) is 17.3. The first kappa shape index (κ1) is 18.2. The summed E-state index contributed by atoms with van der Waals surface area (Å²) < 4.78 is 34.9. The second kappa shape index (κ2) is 7.74. The van der Waals surface area contributed by atoms with Crippen molar-refractivity contribution in [1.82, 2.24) is 0 Å². The van der Waals surface area contributed by atoms with Crippen LogP contribution in [-0.2, 0) is 20.7 Å². The molecule has 3 aromatic carbocycles. The zero-order valence-corrected chi connectivity index (χ0v) is 15.0. The Hall–Kier alpha value is -2.61. The van der Waals surface area contributed by atoms with E-state index in [2.05, 4.69) is 0 Å².